The molecule has 0 aliphatic carbocycles. The van der Waals surface area contributed by atoms with E-state index in [9.17, 15) is 13.5 Å². The first-order valence-electron chi connectivity index (χ1n) is 5.21. The van der Waals surface area contributed by atoms with Crippen molar-refractivity contribution in [3.63, 3.8) is 0 Å². The molecule has 1 atom stereocenters. The van der Waals surface area contributed by atoms with Gasteiger partial charge in [0.05, 0.1) is 0 Å². The van der Waals surface area contributed by atoms with Gasteiger partial charge in [-0.2, -0.15) is 0 Å². The summed E-state index contributed by atoms with van der Waals surface area (Å²) in [6.07, 6.45) is 0. The zero-order valence-electron chi connectivity index (χ0n) is 9.66. The molecule has 0 amide bonds. The highest BCUT2D eigenvalue weighted by molar-refractivity contribution is 7.91. The van der Waals surface area contributed by atoms with E-state index in [-0.39, 0.29) is 10.8 Å². The van der Waals surface area contributed by atoms with E-state index in [4.69, 9.17) is 0 Å². The van der Waals surface area contributed by atoms with Gasteiger partial charge < -0.3 is 5.11 Å². The van der Waals surface area contributed by atoms with Gasteiger partial charge in [0.1, 0.15) is 9.81 Å². The van der Waals surface area contributed by atoms with Crippen LogP contribution in [0.1, 0.15) is 11.8 Å². The van der Waals surface area contributed by atoms with E-state index >= 15 is 0 Å². The van der Waals surface area contributed by atoms with Gasteiger partial charge in [-0.1, -0.05) is 12.1 Å². The first-order valence-corrected chi connectivity index (χ1v) is 8.46. The Bertz CT molecular complexity index is 586. The number of hydrogen-bond donors (Lipinski definition) is 2. The smallest absolute Gasteiger partial charge is 0.250 e. The maximum Gasteiger partial charge on any atom is 0.250 e. The highest BCUT2D eigenvalue weighted by atomic mass is 32.2. The van der Waals surface area contributed by atoms with Crippen LogP contribution < -0.4 is 4.72 Å². The maximum atomic E-state index is 11.9. The lowest BCUT2D eigenvalue weighted by Crippen LogP contribution is -2.37. The van der Waals surface area contributed by atoms with Crippen molar-refractivity contribution >= 4 is 32.7 Å². The van der Waals surface area contributed by atoms with Crippen LogP contribution in [0.3, 0.4) is 0 Å². The molecule has 0 saturated carbocycles. The van der Waals surface area contributed by atoms with E-state index < -0.39 is 15.6 Å². The first-order chi connectivity index (χ1) is 8.42. The van der Waals surface area contributed by atoms with Crippen LogP contribution in [0.5, 0.6) is 0 Å². The van der Waals surface area contributed by atoms with E-state index in [1.807, 2.05) is 11.4 Å². The summed E-state index contributed by atoms with van der Waals surface area (Å²) in [6.45, 7) is 1.55. The van der Waals surface area contributed by atoms with Crippen molar-refractivity contribution in [3.05, 3.63) is 39.9 Å². The third-order valence-electron chi connectivity index (χ3n) is 2.42. The Morgan fingerprint density at radius 2 is 1.94 bits per heavy atom. The number of thiophene rings is 2. The van der Waals surface area contributed by atoms with Crippen molar-refractivity contribution in [3.8, 4) is 0 Å². The van der Waals surface area contributed by atoms with Crippen LogP contribution in [0.15, 0.2) is 39.2 Å². The van der Waals surface area contributed by atoms with Crippen molar-refractivity contribution < 1.29 is 13.5 Å². The molecule has 2 heterocycles. The lowest BCUT2D eigenvalue weighted by atomic mass is 10.1. The summed E-state index contributed by atoms with van der Waals surface area (Å²) in [5.41, 5.74) is -1.20. The fourth-order valence-corrected chi connectivity index (χ4v) is 4.35. The molecule has 0 bridgehead atoms. The lowest BCUT2D eigenvalue weighted by molar-refractivity contribution is 0.0666. The monoisotopic (exact) mass is 303 g/mol. The van der Waals surface area contributed by atoms with Gasteiger partial charge in [-0.05, 0) is 29.8 Å². The Balaban J connectivity index is 2.09. The SMILES string of the molecule is CC(O)(CNS(=O)(=O)c1cccs1)c1cccs1. The highest BCUT2D eigenvalue weighted by Gasteiger charge is 2.27. The maximum absolute atomic E-state index is 11.9. The fourth-order valence-electron chi connectivity index (χ4n) is 1.40. The summed E-state index contributed by atoms with van der Waals surface area (Å²) in [5.74, 6) is 0. The molecule has 2 aromatic rings. The first kappa shape index (κ1) is 13.7. The average molecular weight is 303 g/mol. The standard InChI is InChI=1S/C11H13NO3S3/c1-11(13,9-4-2-6-16-9)8-12-18(14,15)10-5-3-7-17-10/h2-7,12-13H,8H2,1H3. The number of hydrogen-bond acceptors (Lipinski definition) is 5. The number of nitrogens with one attached hydrogen (secondary N) is 1. The van der Waals surface area contributed by atoms with Gasteiger partial charge in [0.25, 0.3) is 0 Å². The van der Waals surface area contributed by atoms with Crippen LogP contribution in [0.2, 0.25) is 0 Å². The van der Waals surface area contributed by atoms with Gasteiger partial charge in [0.2, 0.25) is 10.0 Å². The van der Waals surface area contributed by atoms with Crippen molar-refractivity contribution in [2.24, 2.45) is 0 Å². The van der Waals surface area contributed by atoms with Gasteiger partial charge >= 0.3 is 0 Å². The Morgan fingerprint density at radius 3 is 2.50 bits per heavy atom. The molecule has 0 fully saturated rings. The third-order valence-corrected chi connectivity index (χ3v) is 6.34. The lowest BCUT2D eigenvalue weighted by Gasteiger charge is -2.21. The second-order valence-electron chi connectivity index (χ2n) is 4.01. The Labute approximate surface area is 114 Å². The van der Waals surface area contributed by atoms with Gasteiger partial charge in [-0.15, -0.1) is 22.7 Å². The molecule has 0 spiro atoms. The molecule has 0 radical (unpaired) electrons. The average Bonchev–Trinajstić information content (AvgIpc) is 2.99. The predicted molar refractivity (Wildman–Crippen MR) is 73.4 cm³/mol. The Hall–Kier alpha value is -0.730. The third kappa shape index (κ3) is 2.99. The predicted octanol–water partition coefficient (Wildman–Crippen LogP) is 2.00. The minimum Gasteiger partial charge on any atom is -0.383 e. The molecule has 1 unspecified atom stereocenters. The largest absolute Gasteiger partial charge is 0.383 e. The van der Waals surface area contributed by atoms with Gasteiger partial charge in [-0.25, -0.2) is 13.1 Å². The normalized spacial score (nSPS) is 15.4. The summed E-state index contributed by atoms with van der Waals surface area (Å²) in [4.78, 5) is 0.733. The molecule has 18 heavy (non-hydrogen) atoms. The summed E-state index contributed by atoms with van der Waals surface area (Å²) in [6, 6.07) is 6.82. The van der Waals surface area contributed by atoms with Crippen LogP contribution in [-0.2, 0) is 15.6 Å². The zero-order valence-corrected chi connectivity index (χ0v) is 12.1. The molecule has 2 aromatic heterocycles. The summed E-state index contributed by atoms with van der Waals surface area (Å²) >= 11 is 2.54. The number of rotatable bonds is 5. The van der Waals surface area contributed by atoms with Crippen molar-refractivity contribution in [1.82, 2.24) is 4.72 Å². The van der Waals surface area contributed by atoms with Gasteiger partial charge in [0, 0.05) is 11.4 Å². The molecule has 2 N–H and O–H groups in total. The summed E-state index contributed by atoms with van der Waals surface area (Å²) < 4.78 is 26.5. The minimum absolute atomic E-state index is 0.0479. The van der Waals surface area contributed by atoms with E-state index in [1.165, 1.54) is 17.4 Å². The zero-order chi connectivity index (χ0) is 13.2. The van der Waals surface area contributed by atoms with Crippen molar-refractivity contribution in [2.45, 2.75) is 16.7 Å². The number of aliphatic hydroxyl groups is 1. The van der Waals surface area contributed by atoms with Gasteiger partial charge in [0.15, 0.2) is 0 Å². The molecule has 98 valence electrons. The van der Waals surface area contributed by atoms with Crippen molar-refractivity contribution in [2.75, 3.05) is 6.54 Å². The molecule has 7 heteroatoms. The molecular formula is C11H13NO3S3. The fraction of sp³-hybridized carbons (Fsp3) is 0.273. The Kier molecular flexibility index (Phi) is 3.88. The molecule has 0 saturated heterocycles. The molecular weight excluding hydrogens is 290 g/mol. The molecule has 2 rings (SSSR count). The highest BCUT2D eigenvalue weighted by Crippen LogP contribution is 2.25. The molecule has 4 nitrogen and oxygen atoms in total. The van der Waals surface area contributed by atoms with Crippen LogP contribution in [0.25, 0.3) is 0 Å². The topological polar surface area (TPSA) is 66.4 Å². The summed E-state index contributed by atoms with van der Waals surface area (Å²) in [7, 11) is -3.53. The van der Waals surface area contributed by atoms with Crippen LogP contribution >= 0.6 is 22.7 Å². The molecule has 0 aliphatic rings. The van der Waals surface area contributed by atoms with Crippen LogP contribution in [0, 0.1) is 0 Å². The molecule has 0 aliphatic heterocycles. The van der Waals surface area contributed by atoms with Crippen LogP contribution in [0.4, 0.5) is 0 Å². The summed E-state index contributed by atoms with van der Waals surface area (Å²) in [5, 5.41) is 13.8. The van der Waals surface area contributed by atoms with Crippen molar-refractivity contribution in [1.29, 1.82) is 0 Å². The van der Waals surface area contributed by atoms with E-state index in [1.54, 1.807) is 24.4 Å². The second-order valence-corrected chi connectivity index (χ2v) is 7.90. The van der Waals surface area contributed by atoms with E-state index in [0.717, 1.165) is 16.2 Å². The molecule has 0 aromatic carbocycles. The van der Waals surface area contributed by atoms with E-state index in [0.29, 0.717) is 0 Å². The second kappa shape index (κ2) is 5.10. The van der Waals surface area contributed by atoms with Crippen LogP contribution in [-0.4, -0.2) is 20.1 Å². The quantitative estimate of drug-likeness (QED) is 0.888. The van der Waals surface area contributed by atoms with E-state index in [2.05, 4.69) is 4.72 Å². The Morgan fingerprint density at radius 1 is 1.28 bits per heavy atom. The number of sulfonamides is 1. The minimum atomic E-state index is -3.53. The van der Waals surface area contributed by atoms with Gasteiger partial charge in [-0.3, -0.25) is 0 Å².